The number of benzene rings is 5. The van der Waals surface area contributed by atoms with E-state index in [1.54, 1.807) is 0 Å². The molecule has 0 aliphatic carbocycles. The number of nitrogens with zero attached hydrogens (tertiary/aromatic N) is 5. The predicted octanol–water partition coefficient (Wildman–Crippen LogP) is 10.8. The van der Waals surface area contributed by atoms with Crippen LogP contribution in [0.15, 0.2) is 121 Å². The molecule has 7 aromatic rings. The average molecular weight is 804 g/mol. The van der Waals surface area contributed by atoms with Gasteiger partial charge in [-0.1, -0.05) is 74.8 Å². The summed E-state index contributed by atoms with van der Waals surface area (Å²) in [7, 11) is 0. The van der Waals surface area contributed by atoms with Crippen LogP contribution in [0.2, 0.25) is 0 Å². The standard InChI is InChI=1S/C41H30N5O.Pt/c1-41(2,3)28-21-22-43-40(23-28)44-36-16-6-5-15-34(36)35-20-19-33(26-37(35)44)47-32-14-10-13-31(25-32)46-27-45(46,38-17-7-8-18-39(38)46)30-12-9-11-29(24-30)42-4;/h5-24,27H,1-3H3;/q-1;/t45-,46?;/m0./s1. The molecule has 0 saturated carbocycles. The number of hydrogen-bond acceptors (Lipinski definition) is 2. The first kappa shape index (κ1) is 30.3. The van der Waals surface area contributed by atoms with Crippen molar-refractivity contribution < 1.29 is 25.8 Å². The van der Waals surface area contributed by atoms with E-state index in [0.717, 1.165) is 39.0 Å². The van der Waals surface area contributed by atoms with Crippen LogP contribution < -0.4 is 13.9 Å². The van der Waals surface area contributed by atoms with Crippen LogP contribution in [0.1, 0.15) is 26.3 Å². The van der Waals surface area contributed by atoms with Crippen LogP contribution in [0.3, 0.4) is 0 Å². The third-order valence-corrected chi connectivity index (χ3v) is 9.48. The molecule has 48 heavy (non-hydrogen) atoms. The molecular formula is C41H30N5OPt-. The van der Waals surface area contributed by atoms with Gasteiger partial charge in [0.2, 0.25) is 11.4 Å². The third-order valence-electron chi connectivity index (χ3n) is 9.48. The Bertz CT molecular complexity index is 2450. The Kier molecular flexibility index (Phi) is 6.77. The Morgan fingerprint density at radius 3 is 2.33 bits per heavy atom. The largest absolute Gasteiger partial charge is 0.509 e. The fourth-order valence-corrected chi connectivity index (χ4v) is 7.20. The van der Waals surface area contributed by atoms with Gasteiger partial charge in [-0.05, 0) is 40.6 Å². The van der Waals surface area contributed by atoms with Crippen molar-refractivity contribution in [3.05, 3.63) is 157 Å². The predicted molar refractivity (Wildman–Crippen MR) is 188 cm³/mol. The summed E-state index contributed by atoms with van der Waals surface area (Å²) in [5, 5.41) is 2.23. The molecule has 1 unspecified atom stereocenters. The summed E-state index contributed by atoms with van der Waals surface area (Å²) >= 11 is 0. The molecule has 5 aromatic carbocycles. The molecule has 1 fully saturated rings. The van der Waals surface area contributed by atoms with Crippen molar-refractivity contribution >= 4 is 50.2 Å². The Morgan fingerprint density at radius 1 is 0.771 bits per heavy atom. The maximum atomic E-state index is 7.58. The van der Waals surface area contributed by atoms with Crippen LogP contribution >= 0.6 is 0 Å². The zero-order valence-corrected chi connectivity index (χ0v) is 28.9. The number of pyridine rings is 1. The van der Waals surface area contributed by atoms with Gasteiger partial charge in [-0.2, -0.15) is 16.7 Å². The smallest absolute Gasteiger partial charge is 0.225 e. The molecule has 0 radical (unpaired) electrons. The van der Waals surface area contributed by atoms with E-state index in [9.17, 15) is 0 Å². The normalized spacial score (nSPS) is 19.0. The van der Waals surface area contributed by atoms with Gasteiger partial charge in [0.15, 0.2) is 18.0 Å². The van der Waals surface area contributed by atoms with Crippen LogP contribution in [0.4, 0.5) is 28.4 Å². The van der Waals surface area contributed by atoms with Gasteiger partial charge in [0.1, 0.15) is 5.82 Å². The van der Waals surface area contributed by atoms with Gasteiger partial charge in [-0.3, -0.25) is 0 Å². The molecule has 1 saturated heterocycles. The topological polar surface area (TPSA) is 31.4 Å². The minimum atomic E-state index is -0.0106. The van der Waals surface area contributed by atoms with Crippen molar-refractivity contribution in [2.75, 3.05) is 0 Å². The Balaban J connectivity index is 0.00000336. The first-order chi connectivity index (χ1) is 22.8. The quantitative estimate of drug-likeness (QED) is 0.0986. The number of para-hydroxylation sites is 3. The molecule has 2 atom stereocenters. The average Bonchev–Trinajstić information content (AvgIpc) is 3.59. The number of fused-ring (bicyclic) bond motifs is 7. The minimum Gasteiger partial charge on any atom is -0.509 e. The Morgan fingerprint density at radius 2 is 1.52 bits per heavy atom. The molecule has 236 valence electrons. The van der Waals surface area contributed by atoms with E-state index in [1.807, 2.05) is 42.6 Å². The maximum absolute atomic E-state index is 7.58. The van der Waals surface area contributed by atoms with Crippen molar-refractivity contribution in [1.82, 2.24) is 18.7 Å². The van der Waals surface area contributed by atoms with Gasteiger partial charge >= 0.3 is 0 Å². The molecule has 6 nitrogen and oxygen atoms in total. The summed E-state index contributed by atoms with van der Waals surface area (Å²) in [6.07, 6.45) is 1.89. The number of rotatable bonds is 5. The second-order valence-electron chi connectivity index (χ2n) is 13.2. The summed E-state index contributed by atoms with van der Waals surface area (Å²) in [6.45, 7) is 16.5. The summed E-state index contributed by atoms with van der Waals surface area (Å²) in [5.74, 6) is 2.07. The van der Waals surface area contributed by atoms with E-state index < -0.39 is 0 Å². The zero-order chi connectivity index (χ0) is 32.0. The van der Waals surface area contributed by atoms with E-state index in [2.05, 4.69) is 128 Å². The van der Waals surface area contributed by atoms with E-state index in [4.69, 9.17) is 16.3 Å². The molecular weight excluding hydrogens is 774 g/mol. The Labute approximate surface area is 294 Å². The Hall–Kier alpha value is -5.05. The van der Waals surface area contributed by atoms with Gasteiger partial charge in [0, 0.05) is 62.5 Å². The summed E-state index contributed by atoms with van der Waals surface area (Å²) in [4.78, 5) is 8.49. The number of hydrogen-bond donors (Lipinski definition) is 0. The maximum Gasteiger partial charge on any atom is 0.225 e. The monoisotopic (exact) mass is 803 g/mol. The molecule has 4 heterocycles. The minimum absolute atomic E-state index is 0. The van der Waals surface area contributed by atoms with E-state index in [-0.39, 0.29) is 26.5 Å². The van der Waals surface area contributed by atoms with Crippen molar-refractivity contribution in [3.63, 3.8) is 0 Å². The van der Waals surface area contributed by atoms with E-state index in [1.165, 1.54) is 16.9 Å². The first-order valence-corrected chi connectivity index (χ1v) is 15.7. The molecule has 7 heteroatoms. The fourth-order valence-electron chi connectivity index (χ4n) is 7.20. The van der Waals surface area contributed by atoms with Crippen LogP contribution in [0, 0.1) is 25.4 Å². The molecule has 0 spiro atoms. The summed E-state index contributed by atoms with van der Waals surface area (Å²) in [5.41, 5.74) is 8.22. The second kappa shape index (κ2) is 10.7. The molecule has 0 N–H and O–H groups in total. The number of quaternary nitrogens is 2. The third kappa shape index (κ3) is 4.19. The summed E-state index contributed by atoms with van der Waals surface area (Å²) < 4.78 is 9.70. The van der Waals surface area contributed by atoms with Gasteiger partial charge in [0.25, 0.3) is 0 Å². The molecule has 2 aromatic heterocycles. The van der Waals surface area contributed by atoms with Crippen molar-refractivity contribution in [3.8, 4) is 17.3 Å². The van der Waals surface area contributed by atoms with Crippen molar-refractivity contribution in [1.29, 1.82) is 0 Å². The molecule has 0 amide bonds. The van der Waals surface area contributed by atoms with Crippen molar-refractivity contribution in [2.45, 2.75) is 26.2 Å². The van der Waals surface area contributed by atoms with Gasteiger partial charge in [-0.15, -0.1) is 29.7 Å². The second-order valence-corrected chi connectivity index (χ2v) is 13.2. The van der Waals surface area contributed by atoms with Crippen LogP contribution in [-0.2, 0) is 26.5 Å². The van der Waals surface area contributed by atoms with Gasteiger partial charge in [-0.25, -0.2) is 14.4 Å². The van der Waals surface area contributed by atoms with Crippen LogP contribution in [0.5, 0.6) is 11.5 Å². The van der Waals surface area contributed by atoms with Crippen LogP contribution in [0.25, 0.3) is 32.5 Å². The van der Waals surface area contributed by atoms with Gasteiger partial charge in [0.05, 0.1) is 12.3 Å². The van der Waals surface area contributed by atoms with Crippen molar-refractivity contribution in [2.24, 2.45) is 0 Å². The fraction of sp³-hybridized carbons (Fsp3) is 0.0976. The zero-order valence-electron chi connectivity index (χ0n) is 26.6. The van der Waals surface area contributed by atoms with Crippen LogP contribution in [-0.4, -0.2) is 9.55 Å². The van der Waals surface area contributed by atoms with Gasteiger partial charge < -0.3 is 9.30 Å². The molecule has 2 aliphatic heterocycles. The number of ether oxygens (including phenoxy) is 1. The molecule has 9 rings (SSSR count). The SMILES string of the molecule is [C-]#[N+]c1cccc([N@+]23[CH-][N+]2(c2[c-]c(Oc4[c-]c5c(cc4)c4ccccc4n5-c4cc(C(C)(C)C)ccn4)ccc2)c2ccccc23)c1.[Pt]. The number of aromatic nitrogens is 2. The molecule has 2 aliphatic rings. The first-order valence-electron chi connectivity index (χ1n) is 15.7. The molecule has 0 bridgehead atoms. The van der Waals surface area contributed by atoms with E-state index in [0.29, 0.717) is 26.4 Å². The van der Waals surface area contributed by atoms with E-state index >= 15 is 0 Å². The summed E-state index contributed by atoms with van der Waals surface area (Å²) in [6, 6.07) is 46.3.